The summed E-state index contributed by atoms with van der Waals surface area (Å²) >= 11 is 0. The number of para-hydroxylation sites is 2. The third kappa shape index (κ3) is 5.13. The molecule has 2 aromatic carbocycles. The van der Waals surface area contributed by atoms with E-state index >= 15 is 0 Å². The fourth-order valence-electron chi connectivity index (χ4n) is 3.50. The van der Waals surface area contributed by atoms with Gasteiger partial charge >= 0.3 is 0 Å². The van der Waals surface area contributed by atoms with Crippen molar-refractivity contribution in [3.63, 3.8) is 0 Å². The van der Waals surface area contributed by atoms with Gasteiger partial charge in [-0.15, -0.1) is 12.4 Å². The second-order valence-electron chi connectivity index (χ2n) is 6.57. The second-order valence-corrected chi connectivity index (χ2v) is 6.57. The average molecular weight is 361 g/mol. The Morgan fingerprint density at radius 2 is 1.56 bits per heavy atom. The van der Waals surface area contributed by atoms with E-state index in [1.165, 1.54) is 17.7 Å². The van der Waals surface area contributed by atoms with Crippen LogP contribution >= 0.6 is 12.4 Å². The zero-order valence-corrected chi connectivity index (χ0v) is 16.0. The van der Waals surface area contributed by atoms with Gasteiger partial charge in [-0.05, 0) is 37.5 Å². The van der Waals surface area contributed by atoms with Gasteiger partial charge in [0.2, 0.25) is 0 Å². The fraction of sp³-hybridized carbons (Fsp3) is 0.429. The van der Waals surface area contributed by atoms with E-state index < -0.39 is 0 Å². The highest BCUT2D eigenvalue weighted by Gasteiger charge is 2.22. The molecule has 1 fully saturated rings. The molecule has 0 aromatic heterocycles. The van der Waals surface area contributed by atoms with E-state index in [0.717, 1.165) is 38.3 Å². The molecule has 1 aliphatic rings. The molecule has 0 radical (unpaired) electrons. The molecule has 0 N–H and O–H groups in total. The van der Waals surface area contributed by atoms with Crippen molar-refractivity contribution in [1.82, 2.24) is 4.90 Å². The number of ether oxygens (including phenoxy) is 1. The molecule has 0 saturated carbocycles. The second kappa shape index (κ2) is 9.69. The van der Waals surface area contributed by atoms with E-state index in [4.69, 9.17) is 4.74 Å². The minimum Gasteiger partial charge on any atom is -0.495 e. The zero-order valence-electron chi connectivity index (χ0n) is 15.2. The number of methoxy groups -OCH3 is 1. The first-order chi connectivity index (χ1) is 11.8. The van der Waals surface area contributed by atoms with Crippen LogP contribution in [-0.4, -0.2) is 44.2 Å². The predicted molar refractivity (Wildman–Crippen MR) is 108 cm³/mol. The molecule has 1 unspecified atom stereocenters. The van der Waals surface area contributed by atoms with Crippen LogP contribution in [0.25, 0.3) is 0 Å². The van der Waals surface area contributed by atoms with Gasteiger partial charge in [-0.3, -0.25) is 4.90 Å². The van der Waals surface area contributed by atoms with E-state index in [-0.39, 0.29) is 12.4 Å². The molecule has 1 heterocycles. The van der Waals surface area contributed by atoms with Crippen LogP contribution in [0.5, 0.6) is 5.75 Å². The Morgan fingerprint density at radius 1 is 0.920 bits per heavy atom. The maximum atomic E-state index is 5.51. The third-order valence-electron chi connectivity index (χ3n) is 5.06. The summed E-state index contributed by atoms with van der Waals surface area (Å²) in [7, 11) is 1.75. The Bertz CT molecular complexity index is 627. The number of piperazine rings is 1. The number of benzene rings is 2. The van der Waals surface area contributed by atoms with Crippen molar-refractivity contribution in [2.75, 3.05) is 38.2 Å². The Hall–Kier alpha value is -1.71. The quantitative estimate of drug-likeness (QED) is 0.765. The topological polar surface area (TPSA) is 15.7 Å². The molecule has 1 atom stereocenters. The molecule has 3 nitrogen and oxygen atoms in total. The number of hydrogen-bond acceptors (Lipinski definition) is 3. The molecule has 0 aliphatic carbocycles. The molecule has 0 spiro atoms. The van der Waals surface area contributed by atoms with Crippen LogP contribution < -0.4 is 9.64 Å². The minimum atomic E-state index is 0. The third-order valence-corrected chi connectivity index (χ3v) is 5.06. The molecule has 0 bridgehead atoms. The predicted octanol–water partition coefficient (Wildman–Crippen LogP) is 4.26. The fourth-order valence-corrected chi connectivity index (χ4v) is 3.50. The maximum Gasteiger partial charge on any atom is 0.142 e. The monoisotopic (exact) mass is 360 g/mol. The van der Waals surface area contributed by atoms with Gasteiger partial charge in [0, 0.05) is 32.2 Å². The Labute approximate surface area is 158 Å². The van der Waals surface area contributed by atoms with Gasteiger partial charge in [-0.1, -0.05) is 42.5 Å². The number of hydrogen-bond donors (Lipinski definition) is 0. The molecule has 25 heavy (non-hydrogen) atoms. The first-order valence-electron chi connectivity index (χ1n) is 8.94. The van der Waals surface area contributed by atoms with Crippen LogP contribution in [0.3, 0.4) is 0 Å². The lowest BCUT2D eigenvalue weighted by Crippen LogP contribution is -2.49. The van der Waals surface area contributed by atoms with Crippen molar-refractivity contribution in [3.05, 3.63) is 60.2 Å². The number of anilines is 1. The van der Waals surface area contributed by atoms with Crippen LogP contribution in [0.15, 0.2) is 54.6 Å². The van der Waals surface area contributed by atoms with Crippen molar-refractivity contribution < 1.29 is 4.74 Å². The lowest BCUT2D eigenvalue weighted by molar-refractivity contribution is 0.188. The average Bonchev–Trinajstić information content (AvgIpc) is 2.67. The summed E-state index contributed by atoms with van der Waals surface area (Å²) in [6.07, 6.45) is 2.38. The summed E-state index contributed by atoms with van der Waals surface area (Å²) < 4.78 is 5.51. The molecule has 4 heteroatoms. The SMILES string of the molecule is COc1ccccc1N1CCN(C(C)CCc2ccccc2)CC1.Cl. The number of nitrogens with zero attached hydrogens (tertiary/aromatic N) is 2. The van der Waals surface area contributed by atoms with Gasteiger partial charge in [0.25, 0.3) is 0 Å². The van der Waals surface area contributed by atoms with Gasteiger partial charge in [-0.25, -0.2) is 0 Å². The normalized spacial score (nSPS) is 16.2. The molecular weight excluding hydrogens is 332 g/mol. The molecule has 1 saturated heterocycles. The van der Waals surface area contributed by atoms with Crippen LogP contribution in [-0.2, 0) is 6.42 Å². The first-order valence-corrected chi connectivity index (χ1v) is 8.94. The van der Waals surface area contributed by atoms with Crippen LogP contribution in [0, 0.1) is 0 Å². The van der Waals surface area contributed by atoms with E-state index in [2.05, 4.69) is 59.2 Å². The van der Waals surface area contributed by atoms with E-state index in [1.807, 2.05) is 12.1 Å². The molecule has 2 aromatic rings. The van der Waals surface area contributed by atoms with Crippen LogP contribution in [0.4, 0.5) is 5.69 Å². The van der Waals surface area contributed by atoms with Crippen molar-refractivity contribution in [2.45, 2.75) is 25.8 Å². The largest absolute Gasteiger partial charge is 0.495 e. The van der Waals surface area contributed by atoms with Gasteiger partial charge in [0.15, 0.2) is 0 Å². The van der Waals surface area contributed by atoms with E-state index in [9.17, 15) is 0 Å². The number of halogens is 1. The van der Waals surface area contributed by atoms with Crippen molar-refractivity contribution in [3.8, 4) is 5.75 Å². The molecule has 3 rings (SSSR count). The zero-order chi connectivity index (χ0) is 16.8. The molecule has 136 valence electrons. The number of aryl methyl sites for hydroxylation is 1. The highest BCUT2D eigenvalue weighted by atomic mass is 35.5. The van der Waals surface area contributed by atoms with Crippen molar-refractivity contribution >= 4 is 18.1 Å². The Kier molecular flexibility index (Phi) is 7.60. The first kappa shape index (κ1) is 19.6. The number of rotatable bonds is 6. The van der Waals surface area contributed by atoms with Crippen molar-refractivity contribution in [2.24, 2.45) is 0 Å². The summed E-state index contributed by atoms with van der Waals surface area (Å²) in [5.74, 6) is 0.975. The maximum absolute atomic E-state index is 5.51. The summed E-state index contributed by atoms with van der Waals surface area (Å²) in [5.41, 5.74) is 2.66. The highest BCUT2D eigenvalue weighted by Crippen LogP contribution is 2.28. The Balaban J connectivity index is 0.00000225. The minimum absolute atomic E-state index is 0. The van der Waals surface area contributed by atoms with Crippen molar-refractivity contribution in [1.29, 1.82) is 0 Å². The summed E-state index contributed by atoms with van der Waals surface area (Å²) in [6, 6.07) is 19.8. The highest BCUT2D eigenvalue weighted by molar-refractivity contribution is 5.85. The van der Waals surface area contributed by atoms with Gasteiger partial charge in [0.1, 0.15) is 5.75 Å². The lowest BCUT2D eigenvalue weighted by Gasteiger charge is -2.39. The summed E-state index contributed by atoms with van der Waals surface area (Å²) in [4.78, 5) is 5.06. The smallest absolute Gasteiger partial charge is 0.142 e. The molecular formula is C21H29ClN2O. The molecule has 1 aliphatic heterocycles. The summed E-state index contributed by atoms with van der Waals surface area (Å²) in [6.45, 7) is 6.73. The van der Waals surface area contributed by atoms with E-state index in [0.29, 0.717) is 6.04 Å². The van der Waals surface area contributed by atoms with Gasteiger partial charge < -0.3 is 9.64 Å². The standard InChI is InChI=1S/C21H28N2O.ClH/c1-18(12-13-19-8-4-3-5-9-19)22-14-16-23(17-15-22)20-10-6-7-11-21(20)24-2;/h3-11,18H,12-17H2,1-2H3;1H. The Morgan fingerprint density at radius 3 is 2.24 bits per heavy atom. The van der Waals surface area contributed by atoms with Gasteiger partial charge in [-0.2, -0.15) is 0 Å². The molecule has 0 amide bonds. The van der Waals surface area contributed by atoms with Crippen LogP contribution in [0.2, 0.25) is 0 Å². The summed E-state index contributed by atoms with van der Waals surface area (Å²) in [5, 5.41) is 0. The van der Waals surface area contributed by atoms with Crippen LogP contribution in [0.1, 0.15) is 18.9 Å². The lowest BCUT2D eigenvalue weighted by atomic mass is 10.0. The van der Waals surface area contributed by atoms with E-state index in [1.54, 1.807) is 7.11 Å². The van der Waals surface area contributed by atoms with Gasteiger partial charge in [0.05, 0.1) is 12.8 Å².